The molecule has 0 aromatic heterocycles. The van der Waals surface area contributed by atoms with Gasteiger partial charge < -0.3 is 60.2 Å². The molecule has 0 fully saturated rings. The van der Waals surface area contributed by atoms with Crippen LogP contribution in [0.2, 0.25) is 0 Å². The standard InChI is InChI=1S/C30H28O12/c31-13-7-20(37)24-22(8-13)41-30(12-2-4-16(33)19(36)6-12)29(39)26(24)25-23(42-30)10-17(34)14-9-21(38)27(40-28(14)25)11-1-3-15(32)18(35)5-11/h1-4,7-8,10-12,21,26-27,29,31-39H,5-6,9H2/t11?,12?,21-,26?,27-,29?,30+/m1/s1. The van der Waals surface area contributed by atoms with Crippen molar-refractivity contribution < 1.29 is 60.2 Å². The van der Waals surface area contributed by atoms with Crippen molar-refractivity contribution in [3.8, 4) is 34.5 Å². The molecule has 12 nitrogen and oxygen atoms in total. The maximum absolute atomic E-state index is 12.0. The van der Waals surface area contributed by atoms with Crippen LogP contribution >= 0.6 is 0 Å². The molecule has 0 saturated carbocycles. The number of benzene rings is 2. The molecule has 7 atom stereocenters. The number of aromatic hydroxyl groups is 3. The van der Waals surface area contributed by atoms with Crippen LogP contribution in [0.3, 0.4) is 0 Å². The van der Waals surface area contributed by atoms with Crippen LogP contribution < -0.4 is 14.2 Å². The number of hydrogen-bond acceptors (Lipinski definition) is 12. The van der Waals surface area contributed by atoms with Gasteiger partial charge in [-0.3, -0.25) is 0 Å². The van der Waals surface area contributed by atoms with Crippen LogP contribution in [0.5, 0.6) is 34.5 Å². The van der Waals surface area contributed by atoms with Crippen LogP contribution in [0.25, 0.3) is 0 Å². The van der Waals surface area contributed by atoms with Crippen molar-refractivity contribution in [2.45, 2.75) is 49.3 Å². The van der Waals surface area contributed by atoms with Gasteiger partial charge >= 0.3 is 0 Å². The maximum Gasteiger partial charge on any atom is 0.284 e. The average molecular weight is 581 g/mol. The van der Waals surface area contributed by atoms with Gasteiger partial charge in [-0.25, -0.2) is 0 Å². The molecule has 0 amide bonds. The molecule has 2 bridgehead atoms. The van der Waals surface area contributed by atoms with Gasteiger partial charge in [-0.2, -0.15) is 0 Å². The lowest BCUT2D eigenvalue weighted by molar-refractivity contribution is -0.233. The molecule has 0 radical (unpaired) electrons. The molecular formula is C30H28O12. The largest absolute Gasteiger partial charge is 0.508 e. The zero-order valence-electron chi connectivity index (χ0n) is 21.9. The van der Waals surface area contributed by atoms with E-state index in [0.717, 1.165) is 6.07 Å². The third-order valence-electron chi connectivity index (χ3n) is 8.76. The number of aliphatic hydroxyl groups is 6. The summed E-state index contributed by atoms with van der Waals surface area (Å²) in [6, 6.07) is 3.65. The molecule has 2 aromatic rings. The second-order valence-electron chi connectivity index (χ2n) is 11.3. The summed E-state index contributed by atoms with van der Waals surface area (Å²) in [4.78, 5) is 0. The second kappa shape index (κ2) is 8.91. The van der Waals surface area contributed by atoms with Crippen molar-refractivity contribution in [3.63, 3.8) is 0 Å². The average Bonchev–Trinajstić information content (AvgIpc) is 2.92. The summed E-state index contributed by atoms with van der Waals surface area (Å²) in [5.41, 5.74) is 0.598. The van der Waals surface area contributed by atoms with Crippen molar-refractivity contribution in [1.29, 1.82) is 0 Å². The van der Waals surface area contributed by atoms with Crippen LogP contribution in [-0.4, -0.2) is 70.1 Å². The number of ether oxygens (including phenoxy) is 3. The van der Waals surface area contributed by atoms with E-state index in [1.807, 2.05) is 0 Å². The first-order chi connectivity index (χ1) is 20.0. The predicted molar refractivity (Wildman–Crippen MR) is 143 cm³/mol. The van der Waals surface area contributed by atoms with Crippen molar-refractivity contribution in [2.24, 2.45) is 11.8 Å². The fourth-order valence-electron chi connectivity index (χ4n) is 6.74. The number of fused-ring (bicyclic) bond motifs is 8. The fraction of sp³-hybridized carbons (Fsp3) is 0.333. The van der Waals surface area contributed by atoms with Crippen LogP contribution in [-0.2, 0) is 6.42 Å². The molecule has 3 aliphatic heterocycles. The highest BCUT2D eigenvalue weighted by Gasteiger charge is 2.62. The Hall–Kier alpha value is -4.68. The minimum atomic E-state index is -1.94. The number of aliphatic hydroxyl groups excluding tert-OH is 6. The van der Waals surface area contributed by atoms with Gasteiger partial charge in [0.15, 0.2) is 11.5 Å². The summed E-state index contributed by atoms with van der Waals surface area (Å²) >= 11 is 0. The molecule has 9 N–H and O–H groups in total. The normalized spacial score (nSPS) is 32.7. The molecule has 42 heavy (non-hydrogen) atoms. The Labute approximate surface area is 238 Å². The van der Waals surface area contributed by atoms with E-state index in [2.05, 4.69) is 0 Å². The number of allylic oxidation sites excluding steroid dienone is 4. The monoisotopic (exact) mass is 580 g/mol. The van der Waals surface area contributed by atoms with Crippen LogP contribution in [0.4, 0.5) is 0 Å². The van der Waals surface area contributed by atoms with E-state index < -0.39 is 41.9 Å². The first kappa shape index (κ1) is 26.2. The number of phenols is 3. The highest BCUT2D eigenvalue weighted by molar-refractivity contribution is 5.67. The highest BCUT2D eigenvalue weighted by Crippen LogP contribution is 2.61. The second-order valence-corrected chi connectivity index (χ2v) is 11.3. The topological polar surface area (TPSA) is 210 Å². The van der Waals surface area contributed by atoms with E-state index in [1.165, 1.54) is 30.4 Å². The first-order valence-corrected chi connectivity index (χ1v) is 13.4. The third-order valence-corrected chi connectivity index (χ3v) is 8.76. The van der Waals surface area contributed by atoms with Crippen molar-refractivity contribution >= 4 is 0 Å². The molecule has 2 aromatic carbocycles. The van der Waals surface area contributed by atoms with Gasteiger partial charge in [0.05, 0.1) is 17.9 Å². The van der Waals surface area contributed by atoms with Gasteiger partial charge in [0, 0.05) is 60.1 Å². The Morgan fingerprint density at radius 3 is 2.07 bits per heavy atom. The quantitative estimate of drug-likeness (QED) is 0.251. The minimum Gasteiger partial charge on any atom is -0.508 e. The van der Waals surface area contributed by atoms with Gasteiger partial charge in [-0.15, -0.1) is 0 Å². The molecular weight excluding hydrogens is 552 g/mol. The molecule has 4 unspecified atom stereocenters. The zero-order valence-corrected chi connectivity index (χ0v) is 21.9. The molecule has 12 heteroatoms. The molecule has 220 valence electrons. The minimum absolute atomic E-state index is 0.00455. The van der Waals surface area contributed by atoms with Gasteiger partial charge in [-0.1, -0.05) is 12.2 Å². The number of phenolic OH excluding ortho intramolecular Hbond substituents is 3. The Morgan fingerprint density at radius 1 is 0.714 bits per heavy atom. The van der Waals surface area contributed by atoms with E-state index in [9.17, 15) is 46.0 Å². The molecule has 3 heterocycles. The lowest BCUT2D eigenvalue weighted by Gasteiger charge is -2.53. The van der Waals surface area contributed by atoms with Gasteiger partial charge in [0.1, 0.15) is 58.2 Å². The predicted octanol–water partition coefficient (Wildman–Crippen LogP) is 3.25. The smallest absolute Gasteiger partial charge is 0.284 e. The Kier molecular flexibility index (Phi) is 5.56. The third kappa shape index (κ3) is 3.61. The zero-order chi connectivity index (χ0) is 29.7. The first-order valence-electron chi connectivity index (χ1n) is 13.4. The molecule has 0 saturated heterocycles. The van der Waals surface area contributed by atoms with E-state index >= 15 is 0 Å². The van der Waals surface area contributed by atoms with E-state index in [4.69, 9.17) is 14.2 Å². The lowest BCUT2D eigenvalue weighted by Crippen LogP contribution is -2.64. The Balaban J connectivity index is 1.41. The Morgan fingerprint density at radius 2 is 1.38 bits per heavy atom. The molecule has 5 aliphatic rings. The summed E-state index contributed by atoms with van der Waals surface area (Å²) in [5.74, 6) is -6.57. The summed E-state index contributed by atoms with van der Waals surface area (Å²) in [6.45, 7) is 0. The Bertz CT molecular complexity index is 1640. The number of rotatable bonds is 2. The molecule has 0 spiro atoms. The van der Waals surface area contributed by atoms with Crippen LogP contribution in [0, 0.1) is 11.8 Å². The van der Waals surface area contributed by atoms with Crippen molar-refractivity contribution in [3.05, 3.63) is 82.2 Å². The summed E-state index contributed by atoms with van der Waals surface area (Å²) in [6.07, 6.45) is 1.82. The van der Waals surface area contributed by atoms with Gasteiger partial charge in [0.2, 0.25) is 0 Å². The fourth-order valence-corrected chi connectivity index (χ4v) is 6.74. The van der Waals surface area contributed by atoms with E-state index in [1.54, 1.807) is 6.08 Å². The van der Waals surface area contributed by atoms with Gasteiger partial charge in [-0.05, 0) is 12.2 Å². The lowest BCUT2D eigenvalue weighted by atomic mass is 9.71. The highest BCUT2D eigenvalue weighted by atomic mass is 16.7. The van der Waals surface area contributed by atoms with Crippen LogP contribution in [0.1, 0.15) is 35.4 Å². The van der Waals surface area contributed by atoms with Crippen LogP contribution in [0.15, 0.2) is 65.5 Å². The van der Waals surface area contributed by atoms with Gasteiger partial charge in [0.25, 0.3) is 5.79 Å². The summed E-state index contributed by atoms with van der Waals surface area (Å²) in [5, 5.41) is 95.5. The van der Waals surface area contributed by atoms with Crippen molar-refractivity contribution in [1.82, 2.24) is 0 Å². The number of hydrogen-bond donors (Lipinski definition) is 9. The van der Waals surface area contributed by atoms with Crippen molar-refractivity contribution in [2.75, 3.05) is 0 Å². The maximum atomic E-state index is 12.0. The molecule has 2 aliphatic carbocycles. The SMILES string of the molecule is OC1=C(O)CC([C@H]2Oc3c(c(O)cc4c3C3c5c(O)cc(O)cc5O[C@@](C5C=CC(O)=C(O)C5)(O4)C3O)C[C@H]2O)C=C1. The summed E-state index contributed by atoms with van der Waals surface area (Å²) in [7, 11) is 0. The summed E-state index contributed by atoms with van der Waals surface area (Å²) < 4.78 is 18.9. The van der Waals surface area contributed by atoms with E-state index in [-0.39, 0.29) is 93.5 Å². The van der Waals surface area contributed by atoms with E-state index in [0.29, 0.717) is 0 Å². The molecule has 7 rings (SSSR count).